The lowest BCUT2D eigenvalue weighted by Gasteiger charge is -2.22. The van der Waals surface area contributed by atoms with Gasteiger partial charge in [0.15, 0.2) is 0 Å². The van der Waals surface area contributed by atoms with Gasteiger partial charge in [0, 0.05) is 20.2 Å². The minimum absolute atomic E-state index is 0.0659. The molecule has 0 spiro atoms. The standard InChI is InChI=1S/C15H16FN5O/c1-22-12-5-14(15-18-9-19-20-15)21(8-12)7-10-2-3-13(16)11(4-10)6-17/h2-4,9,12,14H,5,7-8H2,1H3,(H,18,19,20)/t12-,14+/m1/s1. The Kier molecular flexibility index (Phi) is 4.13. The Bertz CT molecular complexity index is 682. The molecular formula is C15H16FN5O. The number of halogens is 1. The molecule has 1 aromatic carbocycles. The third kappa shape index (κ3) is 2.84. The fourth-order valence-corrected chi connectivity index (χ4v) is 2.86. The van der Waals surface area contributed by atoms with Crippen LogP contribution in [0.5, 0.6) is 0 Å². The highest BCUT2D eigenvalue weighted by Gasteiger charge is 2.34. The minimum Gasteiger partial charge on any atom is -0.380 e. The number of hydrogen-bond donors (Lipinski definition) is 1. The van der Waals surface area contributed by atoms with Crippen LogP contribution in [0.15, 0.2) is 24.5 Å². The molecule has 22 heavy (non-hydrogen) atoms. The lowest BCUT2D eigenvalue weighted by Crippen LogP contribution is -2.25. The molecule has 1 N–H and O–H groups in total. The lowest BCUT2D eigenvalue weighted by molar-refractivity contribution is 0.107. The maximum absolute atomic E-state index is 13.4. The Balaban J connectivity index is 1.82. The van der Waals surface area contributed by atoms with Gasteiger partial charge in [0.2, 0.25) is 0 Å². The van der Waals surface area contributed by atoms with Crippen LogP contribution < -0.4 is 0 Å². The number of benzene rings is 1. The topological polar surface area (TPSA) is 77.8 Å². The normalized spacial score (nSPS) is 21.9. The van der Waals surface area contributed by atoms with Crippen molar-refractivity contribution in [2.24, 2.45) is 0 Å². The predicted molar refractivity (Wildman–Crippen MR) is 76.1 cm³/mol. The largest absolute Gasteiger partial charge is 0.380 e. The van der Waals surface area contributed by atoms with Gasteiger partial charge in [-0.1, -0.05) is 6.07 Å². The van der Waals surface area contributed by atoms with Crippen molar-refractivity contribution in [2.75, 3.05) is 13.7 Å². The number of nitrogens with zero attached hydrogens (tertiary/aromatic N) is 4. The zero-order chi connectivity index (χ0) is 15.5. The van der Waals surface area contributed by atoms with Gasteiger partial charge >= 0.3 is 0 Å². The fourth-order valence-electron chi connectivity index (χ4n) is 2.86. The summed E-state index contributed by atoms with van der Waals surface area (Å²) in [4.78, 5) is 6.43. The van der Waals surface area contributed by atoms with Crippen molar-refractivity contribution in [3.05, 3.63) is 47.3 Å². The zero-order valence-corrected chi connectivity index (χ0v) is 12.2. The molecule has 0 radical (unpaired) electrons. The zero-order valence-electron chi connectivity index (χ0n) is 12.2. The molecule has 7 heteroatoms. The molecule has 0 unspecified atom stereocenters. The van der Waals surface area contributed by atoms with Crippen LogP contribution in [-0.2, 0) is 11.3 Å². The van der Waals surface area contributed by atoms with Crippen LogP contribution in [0.4, 0.5) is 4.39 Å². The van der Waals surface area contributed by atoms with Gasteiger partial charge < -0.3 is 4.74 Å². The van der Waals surface area contributed by atoms with Crippen molar-refractivity contribution in [1.82, 2.24) is 20.1 Å². The van der Waals surface area contributed by atoms with Crippen LogP contribution in [0.2, 0.25) is 0 Å². The van der Waals surface area contributed by atoms with E-state index in [9.17, 15) is 4.39 Å². The smallest absolute Gasteiger partial charge is 0.141 e. The second-order valence-electron chi connectivity index (χ2n) is 5.34. The summed E-state index contributed by atoms with van der Waals surface area (Å²) in [6, 6.07) is 6.57. The van der Waals surface area contributed by atoms with Crippen molar-refractivity contribution in [1.29, 1.82) is 5.26 Å². The molecule has 1 aliphatic rings. The Morgan fingerprint density at radius 1 is 1.55 bits per heavy atom. The Morgan fingerprint density at radius 3 is 3.09 bits per heavy atom. The molecule has 3 rings (SSSR count). The summed E-state index contributed by atoms with van der Waals surface area (Å²) < 4.78 is 18.9. The molecule has 6 nitrogen and oxygen atoms in total. The molecule has 0 amide bonds. The quantitative estimate of drug-likeness (QED) is 0.931. The summed E-state index contributed by atoms with van der Waals surface area (Å²) in [6.07, 6.45) is 2.42. The Morgan fingerprint density at radius 2 is 2.41 bits per heavy atom. The van der Waals surface area contributed by atoms with Gasteiger partial charge in [-0.05, 0) is 24.1 Å². The molecule has 0 bridgehead atoms. The second-order valence-corrected chi connectivity index (χ2v) is 5.34. The van der Waals surface area contributed by atoms with E-state index in [1.165, 1.54) is 12.4 Å². The molecule has 2 atom stereocenters. The van der Waals surface area contributed by atoms with Crippen molar-refractivity contribution in [2.45, 2.75) is 25.1 Å². The summed E-state index contributed by atoms with van der Waals surface area (Å²) in [7, 11) is 1.69. The lowest BCUT2D eigenvalue weighted by atomic mass is 10.1. The van der Waals surface area contributed by atoms with Crippen molar-refractivity contribution >= 4 is 0 Å². The van der Waals surface area contributed by atoms with Crippen molar-refractivity contribution in [3.8, 4) is 6.07 Å². The van der Waals surface area contributed by atoms with E-state index in [1.54, 1.807) is 19.2 Å². The van der Waals surface area contributed by atoms with Crippen LogP contribution in [-0.4, -0.2) is 39.8 Å². The van der Waals surface area contributed by atoms with E-state index in [0.717, 1.165) is 24.4 Å². The average molecular weight is 301 g/mol. The minimum atomic E-state index is -0.491. The van der Waals surface area contributed by atoms with Crippen LogP contribution in [0, 0.1) is 17.1 Å². The van der Waals surface area contributed by atoms with E-state index in [4.69, 9.17) is 10.00 Å². The fraction of sp³-hybridized carbons (Fsp3) is 0.400. The molecule has 2 aromatic rings. The van der Waals surface area contributed by atoms with Gasteiger partial charge in [-0.25, -0.2) is 9.37 Å². The molecule has 1 saturated heterocycles. The first-order chi connectivity index (χ1) is 10.7. The number of methoxy groups -OCH3 is 1. The molecule has 1 aromatic heterocycles. The first kappa shape index (κ1) is 14.6. The van der Waals surface area contributed by atoms with E-state index >= 15 is 0 Å². The summed E-state index contributed by atoms with van der Waals surface area (Å²) in [6.45, 7) is 1.35. The highest BCUT2D eigenvalue weighted by Crippen LogP contribution is 2.32. The van der Waals surface area contributed by atoms with Gasteiger partial charge in [-0.2, -0.15) is 10.4 Å². The first-order valence-electron chi connectivity index (χ1n) is 7.02. The number of H-pyrrole nitrogens is 1. The maximum atomic E-state index is 13.4. The van der Waals surface area contributed by atoms with Crippen LogP contribution in [0.25, 0.3) is 0 Å². The van der Waals surface area contributed by atoms with Crippen LogP contribution in [0.3, 0.4) is 0 Å². The van der Waals surface area contributed by atoms with E-state index in [-0.39, 0.29) is 17.7 Å². The molecule has 2 heterocycles. The van der Waals surface area contributed by atoms with Crippen molar-refractivity contribution in [3.63, 3.8) is 0 Å². The highest BCUT2D eigenvalue weighted by atomic mass is 19.1. The predicted octanol–water partition coefficient (Wildman–Crippen LogP) is 1.78. The number of nitriles is 1. The summed E-state index contributed by atoms with van der Waals surface area (Å²) in [5.41, 5.74) is 0.954. The second kappa shape index (κ2) is 6.22. The monoisotopic (exact) mass is 301 g/mol. The van der Waals surface area contributed by atoms with Crippen molar-refractivity contribution < 1.29 is 9.13 Å². The van der Waals surface area contributed by atoms with E-state index in [0.29, 0.717) is 6.54 Å². The van der Waals surface area contributed by atoms with Crippen LogP contribution >= 0.6 is 0 Å². The maximum Gasteiger partial charge on any atom is 0.141 e. The van der Waals surface area contributed by atoms with Gasteiger partial charge in [-0.3, -0.25) is 10.00 Å². The number of rotatable bonds is 4. The van der Waals surface area contributed by atoms with Gasteiger partial charge in [-0.15, -0.1) is 0 Å². The van der Waals surface area contributed by atoms with E-state index in [1.807, 2.05) is 6.07 Å². The van der Waals surface area contributed by atoms with Crippen LogP contribution in [0.1, 0.15) is 29.4 Å². The number of aromatic amines is 1. The summed E-state index contributed by atoms with van der Waals surface area (Å²) >= 11 is 0. The Hall–Kier alpha value is -2.30. The van der Waals surface area contributed by atoms with Gasteiger partial charge in [0.25, 0.3) is 0 Å². The summed E-state index contributed by atoms with van der Waals surface area (Å²) in [5.74, 6) is 0.302. The first-order valence-corrected chi connectivity index (χ1v) is 7.02. The SMILES string of the molecule is CO[C@@H]1C[C@@H](c2ncn[nH]2)N(Cc2ccc(F)c(C#N)c2)C1. The molecule has 1 fully saturated rings. The summed E-state index contributed by atoms with van der Waals surface area (Å²) in [5, 5.41) is 15.7. The third-order valence-corrected chi connectivity index (χ3v) is 3.98. The Labute approximate surface area is 127 Å². The highest BCUT2D eigenvalue weighted by molar-refractivity contribution is 5.34. The van der Waals surface area contributed by atoms with E-state index in [2.05, 4.69) is 20.1 Å². The number of hydrogen-bond acceptors (Lipinski definition) is 5. The molecule has 0 saturated carbocycles. The number of likely N-dealkylation sites (tertiary alicyclic amines) is 1. The molecule has 1 aliphatic heterocycles. The number of aromatic nitrogens is 3. The number of ether oxygens (including phenoxy) is 1. The average Bonchev–Trinajstić information content (AvgIpc) is 3.18. The third-order valence-electron chi connectivity index (χ3n) is 3.98. The molecule has 0 aliphatic carbocycles. The van der Waals surface area contributed by atoms with Gasteiger partial charge in [0.1, 0.15) is 24.0 Å². The molecule has 114 valence electrons. The number of nitrogens with one attached hydrogen (secondary N) is 1. The van der Waals surface area contributed by atoms with Gasteiger partial charge in [0.05, 0.1) is 17.7 Å². The van der Waals surface area contributed by atoms with E-state index < -0.39 is 5.82 Å². The molecular weight excluding hydrogens is 285 g/mol.